The Hall–Kier alpha value is -2.39. The smallest absolute Gasteiger partial charge is 0.272 e. The molecule has 0 saturated heterocycles. The van der Waals surface area contributed by atoms with Gasteiger partial charge in [-0.2, -0.15) is 0 Å². The zero-order valence-corrected chi connectivity index (χ0v) is 21.0. The minimum Gasteiger partial charge on any atom is -0.472 e. The van der Waals surface area contributed by atoms with E-state index in [9.17, 15) is 13.6 Å². The van der Waals surface area contributed by atoms with E-state index in [1.807, 2.05) is 18.4 Å². The number of hydrogen-bond acceptors (Lipinski definition) is 6. The molecule has 190 valence electrons. The quantitative estimate of drug-likeness (QED) is 0.503. The van der Waals surface area contributed by atoms with E-state index in [4.69, 9.17) is 4.74 Å². The Kier molecular flexibility index (Phi) is 9.20. The molecule has 3 heterocycles. The Morgan fingerprint density at radius 3 is 2.77 bits per heavy atom. The standard InChI is InChI=1S/C26H34F2N4O2S/c1-18-29-22(17-35-18)7-8-25(33)30-21-5-2-19(3-6-21)10-13-32-14-11-20-4-9-26(34-16-24(27)28)31-23(20)12-15-32/h4,7-9,17,19,21,24H,2-3,5-6,10-16H2,1H3,(H,30,33)/b8-7+. The first-order chi connectivity index (χ1) is 16.9. The number of ether oxygens (including phenoxy) is 1. The van der Waals surface area contributed by atoms with Crippen LogP contribution in [-0.4, -0.2) is 59.5 Å². The Morgan fingerprint density at radius 1 is 1.23 bits per heavy atom. The Morgan fingerprint density at radius 2 is 2.03 bits per heavy atom. The number of nitrogens with zero attached hydrogens (tertiary/aromatic N) is 3. The third-order valence-electron chi connectivity index (χ3n) is 6.85. The molecule has 2 aliphatic rings. The third kappa shape index (κ3) is 8.07. The molecule has 0 atom stereocenters. The predicted octanol–water partition coefficient (Wildman–Crippen LogP) is 4.67. The lowest BCUT2D eigenvalue weighted by atomic mass is 9.84. The van der Waals surface area contributed by atoms with E-state index in [0.29, 0.717) is 5.92 Å². The van der Waals surface area contributed by atoms with Crippen LogP contribution in [0.2, 0.25) is 0 Å². The number of fused-ring (bicyclic) bond motifs is 1. The van der Waals surface area contributed by atoms with Gasteiger partial charge in [-0.05, 0) is 69.6 Å². The molecular weight excluding hydrogens is 470 g/mol. The fraction of sp³-hybridized carbons (Fsp3) is 0.577. The van der Waals surface area contributed by atoms with Crippen LogP contribution in [0, 0.1) is 12.8 Å². The van der Waals surface area contributed by atoms with Crippen molar-refractivity contribution in [1.29, 1.82) is 0 Å². The van der Waals surface area contributed by atoms with Gasteiger partial charge in [0.1, 0.15) is 0 Å². The normalized spacial score (nSPS) is 21.1. The van der Waals surface area contributed by atoms with Gasteiger partial charge in [0.25, 0.3) is 6.43 Å². The number of aryl methyl sites for hydroxylation is 1. The van der Waals surface area contributed by atoms with Crippen LogP contribution in [0.3, 0.4) is 0 Å². The molecule has 0 bridgehead atoms. The molecule has 2 aromatic rings. The number of pyridine rings is 1. The fourth-order valence-electron chi connectivity index (χ4n) is 4.89. The number of nitrogens with one attached hydrogen (secondary N) is 1. The van der Waals surface area contributed by atoms with Gasteiger partial charge in [0, 0.05) is 48.8 Å². The number of halogens is 2. The molecule has 0 aromatic carbocycles. The summed E-state index contributed by atoms with van der Waals surface area (Å²) in [6, 6.07) is 3.92. The van der Waals surface area contributed by atoms with Gasteiger partial charge in [0.15, 0.2) is 6.61 Å². The molecule has 1 aliphatic carbocycles. The van der Waals surface area contributed by atoms with Gasteiger partial charge in [-0.3, -0.25) is 4.79 Å². The fourth-order valence-corrected chi connectivity index (χ4v) is 5.47. The Labute approximate surface area is 209 Å². The number of hydrogen-bond donors (Lipinski definition) is 1. The van der Waals surface area contributed by atoms with Crippen molar-refractivity contribution >= 4 is 23.3 Å². The largest absolute Gasteiger partial charge is 0.472 e. The number of alkyl halides is 2. The lowest BCUT2D eigenvalue weighted by Gasteiger charge is -2.30. The average Bonchev–Trinajstić information content (AvgIpc) is 3.16. The zero-order chi connectivity index (χ0) is 24.6. The van der Waals surface area contributed by atoms with Crippen LogP contribution in [0.1, 0.15) is 54.1 Å². The van der Waals surface area contributed by atoms with Crippen molar-refractivity contribution in [3.63, 3.8) is 0 Å². The molecule has 9 heteroatoms. The first-order valence-electron chi connectivity index (χ1n) is 12.5. The molecule has 0 unspecified atom stereocenters. The van der Waals surface area contributed by atoms with E-state index in [1.54, 1.807) is 29.6 Å². The highest BCUT2D eigenvalue weighted by atomic mass is 32.1. The average molecular weight is 505 g/mol. The van der Waals surface area contributed by atoms with Gasteiger partial charge in [-0.1, -0.05) is 6.07 Å². The second-order valence-electron chi connectivity index (χ2n) is 9.44. The molecule has 1 saturated carbocycles. The molecule has 35 heavy (non-hydrogen) atoms. The number of thiazole rings is 1. The summed E-state index contributed by atoms with van der Waals surface area (Å²) in [7, 11) is 0. The number of rotatable bonds is 9. The minimum atomic E-state index is -2.49. The summed E-state index contributed by atoms with van der Waals surface area (Å²) in [6.45, 7) is 4.31. The van der Waals surface area contributed by atoms with Crippen molar-refractivity contribution in [2.75, 3.05) is 26.2 Å². The zero-order valence-electron chi connectivity index (χ0n) is 20.2. The van der Waals surface area contributed by atoms with E-state index in [0.717, 1.165) is 81.0 Å². The SMILES string of the molecule is Cc1nc(/C=C/C(=O)NC2CCC(CCN3CCc4ccc(OCC(F)F)nc4CC3)CC2)cs1. The highest BCUT2D eigenvalue weighted by molar-refractivity contribution is 7.09. The topological polar surface area (TPSA) is 67.4 Å². The monoisotopic (exact) mass is 504 g/mol. The molecule has 1 fully saturated rings. The summed E-state index contributed by atoms with van der Waals surface area (Å²) in [5.41, 5.74) is 2.99. The molecule has 1 amide bonds. The van der Waals surface area contributed by atoms with Gasteiger partial charge in [-0.25, -0.2) is 18.7 Å². The van der Waals surface area contributed by atoms with Crippen molar-refractivity contribution in [2.45, 2.75) is 64.3 Å². The van der Waals surface area contributed by atoms with E-state index in [1.165, 1.54) is 5.56 Å². The third-order valence-corrected chi connectivity index (χ3v) is 7.64. The summed E-state index contributed by atoms with van der Waals surface area (Å²) >= 11 is 1.58. The van der Waals surface area contributed by atoms with Gasteiger partial charge >= 0.3 is 0 Å². The highest BCUT2D eigenvalue weighted by Crippen LogP contribution is 2.28. The van der Waals surface area contributed by atoms with Crippen molar-refractivity contribution in [2.24, 2.45) is 5.92 Å². The van der Waals surface area contributed by atoms with Crippen molar-refractivity contribution in [3.05, 3.63) is 45.5 Å². The molecule has 2 aromatic heterocycles. The van der Waals surface area contributed by atoms with Crippen molar-refractivity contribution in [3.8, 4) is 5.88 Å². The maximum Gasteiger partial charge on any atom is 0.272 e. The van der Waals surface area contributed by atoms with E-state index in [2.05, 4.69) is 20.2 Å². The Balaban J connectivity index is 1.15. The van der Waals surface area contributed by atoms with Crippen LogP contribution in [0.5, 0.6) is 5.88 Å². The number of carbonyl (C=O) groups excluding carboxylic acids is 1. The van der Waals surface area contributed by atoms with Crippen LogP contribution in [-0.2, 0) is 17.6 Å². The van der Waals surface area contributed by atoms with Crippen LogP contribution in [0.15, 0.2) is 23.6 Å². The molecule has 0 spiro atoms. The Bertz CT molecular complexity index is 1000. The number of amides is 1. The second-order valence-corrected chi connectivity index (χ2v) is 10.5. The van der Waals surface area contributed by atoms with Crippen molar-refractivity contribution < 1.29 is 18.3 Å². The molecule has 4 rings (SSSR count). The lowest BCUT2D eigenvalue weighted by Crippen LogP contribution is -2.37. The molecule has 6 nitrogen and oxygen atoms in total. The van der Waals surface area contributed by atoms with Crippen LogP contribution in [0.25, 0.3) is 6.08 Å². The van der Waals surface area contributed by atoms with Gasteiger partial charge < -0.3 is 15.0 Å². The molecule has 1 aliphatic heterocycles. The summed E-state index contributed by atoms with van der Waals surface area (Å²) < 4.78 is 29.9. The summed E-state index contributed by atoms with van der Waals surface area (Å²) in [5, 5.41) is 6.09. The molecule has 1 N–H and O–H groups in total. The maximum absolute atomic E-state index is 12.4. The highest BCUT2D eigenvalue weighted by Gasteiger charge is 2.23. The number of aromatic nitrogens is 2. The summed E-state index contributed by atoms with van der Waals surface area (Å²) in [5.74, 6) is 0.935. The van der Waals surface area contributed by atoms with E-state index >= 15 is 0 Å². The number of carbonyl (C=O) groups is 1. The summed E-state index contributed by atoms with van der Waals surface area (Å²) in [6.07, 6.45) is 8.09. The van der Waals surface area contributed by atoms with Crippen LogP contribution >= 0.6 is 11.3 Å². The van der Waals surface area contributed by atoms with Crippen LogP contribution in [0.4, 0.5) is 8.78 Å². The first-order valence-corrected chi connectivity index (χ1v) is 13.4. The van der Waals surface area contributed by atoms with Gasteiger partial charge in [-0.15, -0.1) is 11.3 Å². The van der Waals surface area contributed by atoms with Gasteiger partial charge in [0.2, 0.25) is 11.8 Å². The predicted molar refractivity (Wildman–Crippen MR) is 134 cm³/mol. The summed E-state index contributed by atoms with van der Waals surface area (Å²) in [4.78, 5) is 23.5. The lowest BCUT2D eigenvalue weighted by molar-refractivity contribution is -0.117. The molecule has 0 radical (unpaired) electrons. The van der Waals surface area contributed by atoms with Crippen LogP contribution < -0.4 is 10.1 Å². The van der Waals surface area contributed by atoms with Gasteiger partial charge in [0.05, 0.1) is 10.7 Å². The minimum absolute atomic E-state index is 0.0420. The van der Waals surface area contributed by atoms with E-state index < -0.39 is 13.0 Å². The van der Waals surface area contributed by atoms with Crippen molar-refractivity contribution in [1.82, 2.24) is 20.2 Å². The molecular formula is C26H34F2N4O2S. The first kappa shape index (κ1) is 25.7. The second kappa shape index (κ2) is 12.5. The van der Waals surface area contributed by atoms with E-state index in [-0.39, 0.29) is 17.8 Å². The maximum atomic E-state index is 12.4.